The summed E-state index contributed by atoms with van der Waals surface area (Å²) < 4.78 is 14.0. The lowest BCUT2D eigenvalue weighted by Gasteiger charge is -2.45. The van der Waals surface area contributed by atoms with Crippen molar-refractivity contribution in [3.8, 4) is 0 Å². The summed E-state index contributed by atoms with van der Waals surface area (Å²) in [6.45, 7) is 11.2. The second-order valence-corrected chi connectivity index (χ2v) is 8.70. The number of aliphatic imine (C=N–C) groups is 1. The first-order chi connectivity index (χ1) is 13.9. The molecule has 0 spiro atoms. The van der Waals surface area contributed by atoms with Gasteiger partial charge in [-0.25, -0.2) is 24.1 Å². The highest BCUT2D eigenvalue weighted by molar-refractivity contribution is 6.01. The van der Waals surface area contributed by atoms with Gasteiger partial charge in [-0.3, -0.25) is 4.90 Å². The summed E-state index contributed by atoms with van der Waals surface area (Å²) in [6, 6.07) is 0.238. The molecule has 164 valence electrons. The van der Waals surface area contributed by atoms with Crippen LogP contribution in [0.3, 0.4) is 0 Å². The maximum absolute atomic E-state index is 14.0. The van der Waals surface area contributed by atoms with Crippen LogP contribution in [0.2, 0.25) is 0 Å². The lowest BCUT2D eigenvalue weighted by atomic mass is 10.00. The summed E-state index contributed by atoms with van der Waals surface area (Å²) in [5.41, 5.74) is 12.8. The Kier molecular flexibility index (Phi) is 5.72. The monoisotopic (exact) mass is 418 g/mol. The third kappa shape index (κ3) is 3.83. The maximum atomic E-state index is 14.0. The van der Waals surface area contributed by atoms with Crippen LogP contribution in [0.1, 0.15) is 33.5 Å². The van der Waals surface area contributed by atoms with Gasteiger partial charge in [0.25, 0.3) is 0 Å². The largest absolute Gasteiger partial charge is 0.400 e. The molecule has 1 aromatic rings. The molecule has 0 saturated carbocycles. The van der Waals surface area contributed by atoms with Gasteiger partial charge >= 0.3 is 6.03 Å². The highest BCUT2D eigenvalue weighted by Gasteiger charge is 2.45. The minimum Gasteiger partial charge on any atom is -0.400 e. The maximum Gasteiger partial charge on any atom is 0.321 e. The number of carbonyl (C=O) groups is 1. The number of nitrogens with two attached hydrogens (primary N) is 2. The van der Waals surface area contributed by atoms with E-state index < -0.39 is 11.4 Å². The van der Waals surface area contributed by atoms with Crippen LogP contribution in [0.15, 0.2) is 22.5 Å². The van der Waals surface area contributed by atoms with Crippen molar-refractivity contribution in [1.29, 1.82) is 0 Å². The first kappa shape index (κ1) is 21.9. The molecule has 4 N–H and O–H groups in total. The Morgan fingerprint density at radius 2 is 1.97 bits per heavy atom. The number of carbonyl (C=O) groups excluding carboxylic acids is 1. The Balaban J connectivity index is 1.87. The predicted molar refractivity (Wildman–Crippen MR) is 114 cm³/mol. The smallest absolute Gasteiger partial charge is 0.321 e. The summed E-state index contributed by atoms with van der Waals surface area (Å²) >= 11 is 0. The number of piperazine rings is 1. The number of rotatable bonds is 2. The van der Waals surface area contributed by atoms with Crippen molar-refractivity contribution in [2.75, 3.05) is 26.7 Å². The van der Waals surface area contributed by atoms with Crippen molar-refractivity contribution in [2.45, 2.75) is 52.2 Å². The molecule has 1 saturated heterocycles. The highest BCUT2D eigenvalue weighted by Crippen LogP contribution is 2.33. The third-order valence-electron chi connectivity index (χ3n) is 6.13. The van der Waals surface area contributed by atoms with Crippen LogP contribution in [0.25, 0.3) is 0 Å². The lowest BCUT2D eigenvalue weighted by molar-refractivity contribution is 0.0553. The Morgan fingerprint density at radius 3 is 2.63 bits per heavy atom. The molecule has 10 heteroatoms. The molecule has 2 aliphatic heterocycles. The van der Waals surface area contributed by atoms with Crippen LogP contribution in [0.4, 0.5) is 15.0 Å². The van der Waals surface area contributed by atoms with Gasteiger partial charge in [-0.15, -0.1) is 0 Å². The second-order valence-electron chi connectivity index (χ2n) is 8.70. The molecule has 1 aromatic heterocycles. The van der Waals surface area contributed by atoms with E-state index in [2.05, 4.69) is 33.8 Å². The number of urea groups is 1. The zero-order valence-corrected chi connectivity index (χ0v) is 18.5. The van der Waals surface area contributed by atoms with Crippen molar-refractivity contribution < 1.29 is 9.18 Å². The molecule has 0 radical (unpaired) electrons. The SMILES string of the molecule is Cc1ncc(F)c(N=C(N)C2=C(N)C(C)(C)N(C(=O)N3C[C@H](C)N(C)C[C@@H]3C)C2)n1. The summed E-state index contributed by atoms with van der Waals surface area (Å²) in [7, 11) is 2.06. The van der Waals surface area contributed by atoms with Gasteiger partial charge < -0.3 is 21.3 Å². The molecule has 0 bridgehead atoms. The fourth-order valence-electron chi connectivity index (χ4n) is 3.91. The number of likely N-dealkylation sites (N-methyl/N-ethyl adjacent to an activating group) is 1. The van der Waals surface area contributed by atoms with Crippen LogP contribution in [0.5, 0.6) is 0 Å². The number of hydrogen-bond donors (Lipinski definition) is 2. The molecule has 0 unspecified atom stereocenters. The summed E-state index contributed by atoms with van der Waals surface area (Å²) in [5.74, 6) is -0.392. The van der Waals surface area contributed by atoms with Crippen molar-refractivity contribution in [3.05, 3.63) is 29.1 Å². The van der Waals surface area contributed by atoms with E-state index in [0.29, 0.717) is 23.6 Å². The Labute approximate surface area is 176 Å². The molecule has 3 heterocycles. The number of aryl methyl sites for hydroxylation is 1. The topological polar surface area (TPSA) is 117 Å². The lowest BCUT2D eigenvalue weighted by Crippen LogP contribution is -2.61. The van der Waals surface area contributed by atoms with E-state index >= 15 is 0 Å². The number of amidine groups is 1. The van der Waals surface area contributed by atoms with E-state index in [1.165, 1.54) is 0 Å². The first-order valence-corrected chi connectivity index (χ1v) is 10.0. The van der Waals surface area contributed by atoms with Gasteiger partial charge in [0, 0.05) is 36.4 Å². The number of nitrogens with zero attached hydrogens (tertiary/aromatic N) is 6. The van der Waals surface area contributed by atoms with Gasteiger partial charge in [0.15, 0.2) is 11.6 Å². The zero-order valence-electron chi connectivity index (χ0n) is 18.5. The molecular weight excluding hydrogens is 387 g/mol. The highest BCUT2D eigenvalue weighted by atomic mass is 19.1. The van der Waals surface area contributed by atoms with Gasteiger partial charge in [-0.05, 0) is 41.7 Å². The molecule has 2 amide bonds. The normalized spacial score (nSPS) is 25.2. The Bertz CT molecular complexity index is 912. The summed E-state index contributed by atoms with van der Waals surface area (Å²) in [4.78, 5) is 31.2. The van der Waals surface area contributed by atoms with Crippen LogP contribution in [0, 0.1) is 12.7 Å². The van der Waals surface area contributed by atoms with Crippen molar-refractivity contribution in [2.24, 2.45) is 16.5 Å². The van der Waals surface area contributed by atoms with Gasteiger partial charge in [0.1, 0.15) is 11.7 Å². The molecule has 2 aliphatic rings. The van der Waals surface area contributed by atoms with Gasteiger partial charge in [-0.1, -0.05) is 0 Å². The number of aromatic nitrogens is 2. The van der Waals surface area contributed by atoms with E-state index in [0.717, 1.165) is 12.7 Å². The number of halogens is 1. The fourth-order valence-corrected chi connectivity index (χ4v) is 3.91. The standard InChI is InChI=1S/C20H31FN8O/c1-11-9-28(12(2)8-27(11)6)19(30)29-10-14(16(22)20(29,4)5)17(23)26-18-15(21)7-24-13(3)25-18/h7,11-12H,8-10,22H2,1-6H3,(H2,23,24,25,26)/t11-,12-/m0/s1. The van der Waals surface area contributed by atoms with E-state index in [4.69, 9.17) is 11.5 Å². The third-order valence-corrected chi connectivity index (χ3v) is 6.13. The molecule has 9 nitrogen and oxygen atoms in total. The van der Waals surface area contributed by atoms with Crippen molar-refractivity contribution in [1.82, 2.24) is 24.7 Å². The van der Waals surface area contributed by atoms with Crippen LogP contribution in [-0.2, 0) is 0 Å². The zero-order chi connectivity index (χ0) is 22.4. The molecule has 3 rings (SSSR count). The molecule has 0 aliphatic carbocycles. The average molecular weight is 419 g/mol. The van der Waals surface area contributed by atoms with Crippen LogP contribution < -0.4 is 11.5 Å². The molecule has 1 fully saturated rings. The average Bonchev–Trinajstić information content (AvgIpc) is 2.90. The fraction of sp³-hybridized carbons (Fsp3) is 0.600. The molecular formula is C20H31FN8O. The quantitative estimate of drug-likeness (QED) is 0.553. The predicted octanol–water partition coefficient (Wildman–Crippen LogP) is 1.36. The minimum absolute atomic E-state index is 0.0488. The minimum atomic E-state index is -0.751. The summed E-state index contributed by atoms with van der Waals surface area (Å²) in [5, 5.41) is 0. The van der Waals surface area contributed by atoms with E-state index in [9.17, 15) is 9.18 Å². The van der Waals surface area contributed by atoms with Gasteiger partial charge in [-0.2, -0.15) is 0 Å². The molecule has 2 atom stereocenters. The Morgan fingerprint density at radius 1 is 1.30 bits per heavy atom. The van der Waals surface area contributed by atoms with Crippen molar-refractivity contribution in [3.63, 3.8) is 0 Å². The summed E-state index contributed by atoms with van der Waals surface area (Å²) in [6.07, 6.45) is 1.05. The molecule has 0 aromatic carbocycles. The van der Waals surface area contributed by atoms with Gasteiger partial charge in [0.2, 0.25) is 0 Å². The Hall–Kier alpha value is -2.75. The van der Waals surface area contributed by atoms with E-state index in [-0.39, 0.29) is 36.3 Å². The number of hydrogen-bond acceptors (Lipinski definition) is 6. The van der Waals surface area contributed by atoms with E-state index in [1.54, 1.807) is 11.8 Å². The second kappa shape index (κ2) is 7.82. The van der Waals surface area contributed by atoms with Crippen molar-refractivity contribution >= 4 is 17.7 Å². The van der Waals surface area contributed by atoms with Crippen LogP contribution >= 0.6 is 0 Å². The van der Waals surface area contributed by atoms with Gasteiger partial charge in [0.05, 0.1) is 18.3 Å². The first-order valence-electron chi connectivity index (χ1n) is 10.0. The van der Waals surface area contributed by atoms with Crippen LogP contribution in [-0.4, -0.2) is 80.8 Å². The van der Waals surface area contributed by atoms with E-state index in [1.807, 2.05) is 25.7 Å². The number of amides is 2. The molecule has 30 heavy (non-hydrogen) atoms.